The van der Waals surface area contributed by atoms with Crippen LogP contribution in [0.4, 0.5) is 0 Å². The van der Waals surface area contributed by atoms with Gasteiger partial charge in [-0.05, 0) is 0 Å². The van der Waals surface area contributed by atoms with Crippen LogP contribution >= 0.6 is 0 Å². The molecule has 0 bridgehead atoms. The molecular weight excluding hydrogens is 131 g/mol. The monoisotopic (exact) mass is 143 g/mol. The summed E-state index contributed by atoms with van der Waals surface area (Å²) in [5, 5.41) is 0. The van der Waals surface area contributed by atoms with Crippen LogP contribution < -0.4 is 0 Å². The normalized spacial score (nSPS) is 10.0. The minimum Gasteiger partial charge on any atom is -0.0697 e. The van der Waals surface area contributed by atoms with Gasteiger partial charge in [0, 0.05) is 25.1 Å². The van der Waals surface area contributed by atoms with E-state index in [0.717, 1.165) is 0 Å². The standard InChI is InChI=1S/C4H12Si.Mn/c1-5(2,3)4;/h1-4H3;. The summed E-state index contributed by atoms with van der Waals surface area (Å²) in [7, 11) is -0.611. The maximum atomic E-state index is 2.33. The molecule has 0 aliphatic carbocycles. The zero-order valence-electron chi connectivity index (χ0n) is 4.88. The van der Waals surface area contributed by atoms with Gasteiger partial charge in [0.15, 0.2) is 0 Å². The fourth-order valence-corrected chi connectivity index (χ4v) is 0. The topological polar surface area (TPSA) is 0 Å². The first kappa shape index (κ1) is 9.88. The Morgan fingerprint density at radius 2 is 0.833 bits per heavy atom. The molecule has 2 heteroatoms. The van der Waals surface area contributed by atoms with Crippen LogP contribution in [0.5, 0.6) is 0 Å². The van der Waals surface area contributed by atoms with Crippen molar-refractivity contribution in [3.8, 4) is 0 Å². The molecule has 1 radical (unpaired) electrons. The summed E-state index contributed by atoms with van der Waals surface area (Å²) < 4.78 is 0. The van der Waals surface area contributed by atoms with E-state index in [0.29, 0.717) is 0 Å². The molecule has 0 aliphatic heterocycles. The zero-order valence-corrected chi connectivity index (χ0v) is 7.06. The van der Waals surface area contributed by atoms with Crippen molar-refractivity contribution in [2.75, 3.05) is 0 Å². The largest absolute Gasteiger partial charge is 0.0697 e. The third-order valence-corrected chi connectivity index (χ3v) is 0. The second-order valence-corrected chi connectivity index (χ2v) is 9.00. The Labute approximate surface area is 51.8 Å². The Kier molecular flexibility index (Phi) is 4.67. The molecule has 0 aromatic carbocycles. The van der Waals surface area contributed by atoms with Crippen LogP contribution in [-0.2, 0) is 17.1 Å². The molecule has 0 N–H and O–H groups in total. The molecule has 0 heterocycles. The summed E-state index contributed by atoms with van der Waals surface area (Å²) in [6, 6.07) is 0. The third kappa shape index (κ3) is 122. The summed E-state index contributed by atoms with van der Waals surface area (Å²) >= 11 is 0. The first-order valence-corrected chi connectivity index (χ1v) is 6.00. The molecule has 0 aromatic rings. The quantitative estimate of drug-likeness (QED) is 0.455. The molecule has 6 heavy (non-hydrogen) atoms. The Bertz CT molecular complexity index is 23.0. The van der Waals surface area contributed by atoms with E-state index in [1.807, 2.05) is 0 Å². The predicted molar refractivity (Wildman–Crippen MR) is 29.2 cm³/mol. The van der Waals surface area contributed by atoms with Gasteiger partial charge in [-0.25, -0.2) is 0 Å². The van der Waals surface area contributed by atoms with Gasteiger partial charge in [0.1, 0.15) is 0 Å². The molecule has 0 aromatic heterocycles. The van der Waals surface area contributed by atoms with Gasteiger partial charge in [-0.2, -0.15) is 0 Å². The molecule has 0 spiro atoms. The van der Waals surface area contributed by atoms with Crippen molar-refractivity contribution < 1.29 is 17.1 Å². The molecule has 0 atom stereocenters. The molecule has 0 aliphatic rings. The summed E-state index contributed by atoms with van der Waals surface area (Å²) in [5.41, 5.74) is 0. The van der Waals surface area contributed by atoms with Crippen LogP contribution in [0.1, 0.15) is 0 Å². The molecule has 39 valence electrons. The maximum absolute atomic E-state index is 2.33. The van der Waals surface area contributed by atoms with Gasteiger partial charge in [0.2, 0.25) is 0 Å². The van der Waals surface area contributed by atoms with E-state index < -0.39 is 8.07 Å². The number of hydrogen-bond donors (Lipinski definition) is 0. The van der Waals surface area contributed by atoms with Gasteiger partial charge in [-0.15, -0.1) is 0 Å². The predicted octanol–water partition coefficient (Wildman–Crippen LogP) is 1.95. The smallest absolute Gasteiger partial charge is 0.0411 e. The van der Waals surface area contributed by atoms with Crippen LogP contribution in [0.25, 0.3) is 0 Å². The van der Waals surface area contributed by atoms with Crippen molar-refractivity contribution in [2.45, 2.75) is 26.2 Å². The first-order valence-electron chi connectivity index (χ1n) is 2.00. The van der Waals surface area contributed by atoms with Crippen LogP contribution in [0.3, 0.4) is 0 Å². The average Bonchev–Trinajstić information content (AvgIpc) is 0.722. The number of rotatable bonds is 0. The summed E-state index contributed by atoms with van der Waals surface area (Å²) in [6.45, 7) is 9.31. The van der Waals surface area contributed by atoms with E-state index in [-0.39, 0.29) is 17.1 Å². The molecule has 0 saturated carbocycles. The average molecular weight is 143 g/mol. The van der Waals surface area contributed by atoms with Crippen molar-refractivity contribution in [3.05, 3.63) is 0 Å². The van der Waals surface area contributed by atoms with E-state index in [4.69, 9.17) is 0 Å². The van der Waals surface area contributed by atoms with E-state index in [2.05, 4.69) is 26.2 Å². The first-order chi connectivity index (χ1) is 2.00. The SMILES string of the molecule is C[Si](C)(C)C.[Mn]. The maximum Gasteiger partial charge on any atom is 0.0411 e. The van der Waals surface area contributed by atoms with Crippen molar-refractivity contribution in [1.82, 2.24) is 0 Å². The Hall–Kier alpha value is 0.736. The molecule has 0 rings (SSSR count). The van der Waals surface area contributed by atoms with Gasteiger partial charge in [-0.3, -0.25) is 0 Å². The summed E-state index contributed by atoms with van der Waals surface area (Å²) in [6.07, 6.45) is 0. The Morgan fingerprint density at radius 3 is 0.833 bits per heavy atom. The van der Waals surface area contributed by atoms with E-state index in [9.17, 15) is 0 Å². The molecule has 0 nitrogen and oxygen atoms in total. The van der Waals surface area contributed by atoms with Crippen molar-refractivity contribution in [2.24, 2.45) is 0 Å². The van der Waals surface area contributed by atoms with Crippen molar-refractivity contribution in [1.29, 1.82) is 0 Å². The molecule has 0 unspecified atom stereocenters. The van der Waals surface area contributed by atoms with Crippen LogP contribution in [0.2, 0.25) is 26.2 Å². The Balaban J connectivity index is 0. The van der Waals surface area contributed by atoms with Gasteiger partial charge < -0.3 is 0 Å². The fraction of sp³-hybridized carbons (Fsp3) is 1.00. The van der Waals surface area contributed by atoms with E-state index >= 15 is 0 Å². The minimum atomic E-state index is -0.611. The van der Waals surface area contributed by atoms with Crippen molar-refractivity contribution >= 4 is 8.07 Å². The minimum absolute atomic E-state index is 0. The second-order valence-electron chi connectivity index (χ2n) is 3.00. The Morgan fingerprint density at radius 1 is 0.833 bits per heavy atom. The number of hydrogen-bond acceptors (Lipinski definition) is 0. The van der Waals surface area contributed by atoms with Gasteiger partial charge in [-0.1, -0.05) is 26.2 Å². The van der Waals surface area contributed by atoms with Gasteiger partial charge >= 0.3 is 0 Å². The van der Waals surface area contributed by atoms with Gasteiger partial charge in [0.05, 0.1) is 0 Å². The van der Waals surface area contributed by atoms with Crippen LogP contribution in [-0.4, -0.2) is 8.07 Å². The summed E-state index contributed by atoms with van der Waals surface area (Å²) in [5.74, 6) is 0. The summed E-state index contributed by atoms with van der Waals surface area (Å²) in [4.78, 5) is 0. The molecular formula is C4H12MnSi. The third-order valence-electron chi connectivity index (χ3n) is 0. The zero-order chi connectivity index (χ0) is 4.50. The van der Waals surface area contributed by atoms with Crippen LogP contribution in [0, 0.1) is 0 Å². The molecule has 0 saturated heterocycles. The second kappa shape index (κ2) is 2.84. The van der Waals surface area contributed by atoms with Gasteiger partial charge in [0.25, 0.3) is 0 Å². The van der Waals surface area contributed by atoms with E-state index in [1.165, 1.54) is 0 Å². The molecule has 0 fully saturated rings. The fourth-order valence-electron chi connectivity index (χ4n) is 0. The van der Waals surface area contributed by atoms with Crippen molar-refractivity contribution in [3.63, 3.8) is 0 Å². The van der Waals surface area contributed by atoms with E-state index in [1.54, 1.807) is 0 Å². The van der Waals surface area contributed by atoms with Crippen LogP contribution in [0.15, 0.2) is 0 Å². The molecule has 0 amide bonds.